The van der Waals surface area contributed by atoms with E-state index in [0.717, 1.165) is 17.7 Å². The molecule has 0 aliphatic carbocycles. The van der Waals surface area contributed by atoms with E-state index < -0.39 is 23.1 Å². The van der Waals surface area contributed by atoms with Crippen molar-refractivity contribution in [2.45, 2.75) is 16.6 Å². The number of carbonyl (C=O) groups excluding carboxylic acids is 1. The molecular weight excluding hydrogens is 477 g/mol. The highest BCUT2D eigenvalue weighted by Crippen LogP contribution is 2.33. The second-order valence-electron chi connectivity index (χ2n) is 6.60. The highest BCUT2D eigenvalue weighted by molar-refractivity contribution is 7.99. The molecule has 0 aliphatic heterocycles. The zero-order chi connectivity index (χ0) is 22.7. The molecule has 4 aromatic rings. The number of nitrogens with one attached hydrogen (secondary N) is 1. The Kier molecular flexibility index (Phi) is 6.74. The first-order chi connectivity index (χ1) is 15.4. The van der Waals surface area contributed by atoms with Crippen molar-refractivity contribution in [1.29, 1.82) is 0 Å². The number of nitrogens with zero attached hydrogens (tertiary/aromatic N) is 3. The van der Waals surface area contributed by atoms with Crippen molar-refractivity contribution in [3.63, 3.8) is 0 Å². The zero-order valence-corrected chi connectivity index (χ0v) is 18.6. The van der Waals surface area contributed by atoms with Gasteiger partial charge in [-0.3, -0.25) is 4.79 Å². The van der Waals surface area contributed by atoms with Crippen LogP contribution in [-0.4, -0.2) is 20.7 Å². The molecule has 0 saturated carbocycles. The number of hydrogen-bond donors (Lipinski definition) is 1. The summed E-state index contributed by atoms with van der Waals surface area (Å²) in [5, 5.41) is 7.95. The number of aromatic nitrogens is 3. The Morgan fingerprint density at radius 1 is 0.969 bits per heavy atom. The van der Waals surface area contributed by atoms with E-state index in [4.69, 9.17) is 23.2 Å². The Morgan fingerprint density at radius 3 is 2.38 bits per heavy atom. The van der Waals surface area contributed by atoms with E-state index in [-0.39, 0.29) is 5.28 Å². The molecule has 0 fully saturated rings. The number of para-hydroxylation sites is 1. The van der Waals surface area contributed by atoms with Crippen LogP contribution in [0.4, 0.5) is 14.5 Å². The molecule has 4 rings (SSSR count). The summed E-state index contributed by atoms with van der Waals surface area (Å²) in [7, 11) is 0. The standard InChI is InChI=1S/C22H14Cl2F2N4OS/c23-14-10-8-13(9-11-14)12-30-22(28-21(24)29-30)32-18-7-2-1-6-17(18)27-20(31)19-15(25)4-3-5-16(19)26/h1-11H,12H2,(H,27,31). The summed E-state index contributed by atoms with van der Waals surface area (Å²) in [6.07, 6.45) is 0. The predicted octanol–water partition coefficient (Wildman–Crippen LogP) is 6.31. The second kappa shape index (κ2) is 9.68. The number of amides is 1. The van der Waals surface area contributed by atoms with Crippen LogP contribution >= 0.6 is 35.0 Å². The van der Waals surface area contributed by atoms with Gasteiger partial charge in [-0.25, -0.2) is 13.5 Å². The summed E-state index contributed by atoms with van der Waals surface area (Å²) in [5.41, 5.74) is 0.651. The molecule has 10 heteroatoms. The van der Waals surface area contributed by atoms with E-state index in [1.165, 1.54) is 17.8 Å². The van der Waals surface area contributed by atoms with Crippen LogP contribution in [0.2, 0.25) is 10.3 Å². The van der Waals surface area contributed by atoms with Gasteiger partial charge in [0.05, 0.1) is 12.2 Å². The normalized spacial score (nSPS) is 10.9. The maximum atomic E-state index is 14.0. The molecule has 0 atom stereocenters. The largest absolute Gasteiger partial charge is 0.321 e. The molecule has 32 heavy (non-hydrogen) atoms. The Hall–Kier alpha value is -2.94. The molecule has 0 bridgehead atoms. The maximum absolute atomic E-state index is 14.0. The number of carbonyl (C=O) groups is 1. The highest BCUT2D eigenvalue weighted by Gasteiger charge is 2.19. The Labute approximate surface area is 196 Å². The molecule has 1 amide bonds. The minimum absolute atomic E-state index is 0.0661. The first-order valence-electron chi connectivity index (χ1n) is 9.28. The summed E-state index contributed by atoms with van der Waals surface area (Å²) in [6, 6.07) is 17.4. The van der Waals surface area contributed by atoms with Crippen molar-refractivity contribution in [3.8, 4) is 0 Å². The minimum Gasteiger partial charge on any atom is -0.321 e. The van der Waals surface area contributed by atoms with Gasteiger partial charge in [0, 0.05) is 9.92 Å². The average Bonchev–Trinajstić information content (AvgIpc) is 3.09. The van der Waals surface area contributed by atoms with Gasteiger partial charge in [-0.05, 0) is 65.3 Å². The topological polar surface area (TPSA) is 59.8 Å². The summed E-state index contributed by atoms with van der Waals surface area (Å²) in [6.45, 7) is 0.397. The molecule has 0 unspecified atom stereocenters. The van der Waals surface area contributed by atoms with Crippen molar-refractivity contribution >= 4 is 46.6 Å². The van der Waals surface area contributed by atoms with Crippen LogP contribution in [0, 0.1) is 11.6 Å². The van der Waals surface area contributed by atoms with Gasteiger partial charge in [0.2, 0.25) is 5.28 Å². The van der Waals surface area contributed by atoms with Crippen molar-refractivity contribution < 1.29 is 13.6 Å². The molecule has 0 saturated heterocycles. The van der Waals surface area contributed by atoms with Gasteiger partial charge >= 0.3 is 0 Å². The predicted molar refractivity (Wildman–Crippen MR) is 120 cm³/mol. The molecular formula is C22H14Cl2F2N4OS. The van der Waals surface area contributed by atoms with E-state index in [2.05, 4.69) is 15.4 Å². The molecule has 162 valence electrons. The fraction of sp³-hybridized carbons (Fsp3) is 0.0455. The number of anilines is 1. The third kappa shape index (κ3) is 5.09. The molecule has 0 radical (unpaired) electrons. The van der Waals surface area contributed by atoms with Crippen molar-refractivity contribution in [2.24, 2.45) is 0 Å². The van der Waals surface area contributed by atoms with Crippen LogP contribution in [0.25, 0.3) is 0 Å². The van der Waals surface area contributed by atoms with Gasteiger partial charge in [-0.1, -0.05) is 41.9 Å². The van der Waals surface area contributed by atoms with Gasteiger partial charge in [0.1, 0.15) is 17.2 Å². The molecule has 0 aliphatic rings. The minimum atomic E-state index is -0.942. The fourth-order valence-corrected chi connectivity index (χ4v) is 4.16. The quantitative estimate of drug-likeness (QED) is 0.343. The smallest absolute Gasteiger partial charge is 0.261 e. The van der Waals surface area contributed by atoms with Gasteiger partial charge < -0.3 is 5.32 Å². The van der Waals surface area contributed by atoms with Crippen LogP contribution in [0.1, 0.15) is 15.9 Å². The molecule has 0 spiro atoms. The van der Waals surface area contributed by atoms with Crippen molar-refractivity contribution in [1.82, 2.24) is 14.8 Å². The first-order valence-corrected chi connectivity index (χ1v) is 10.8. The second-order valence-corrected chi connectivity index (χ2v) is 8.38. The summed E-state index contributed by atoms with van der Waals surface area (Å²) in [5.74, 6) is -2.78. The van der Waals surface area contributed by atoms with Gasteiger partial charge in [-0.2, -0.15) is 4.98 Å². The summed E-state index contributed by atoms with van der Waals surface area (Å²) in [4.78, 5) is 17.4. The average molecular weight is 491 g/mol. The van der Waals surface area contributed by atoms with Gasteiger partial charge in [-0.15, -0.1) is 5.10 Å². The van der Waals surface area contributed by atoms with Gasteiger partial charge in [0.25, 0.3) is 5.91 Å². The van der Waals surface area contributed by atoms with E-state index in [1.807, 2.05) is 12.1 Å². The van der Waals surface area contributed by atoms with Crippen LogP contribution in [0.15, 0.2) is 76.8 Å². The Bertz CT molecular complexity index is 1260. The molecule has 5 nitrogen and oxygen atoms in total. The van der Waals surface area contributed by atoms with Crippen LogP contribution in [0.3, 0.4) is 0 Å². The molecule has 3 aromatic carbocycles. The number of rotatable bonds is 6. The monoisotopic (exact) mass is 490 g/mol. The zero-order valence-electron chi connectivity index (χ0n) is 16.2. The molecule has 1 N–H and O–H groups in total. The molecule has 1 heterocycles. The third-order valence-electron chi connectivity index (χ3n) is 4.38. The van der Waals surface area contributed by atoms with Gasteiger partial charge in [0.15, 0.2) is 5.16 Å². The third-order valence-corrected chi connectivity index (χ3v) is 5.86. The van der Waals surface area contributed by atoms with E-state index in [0.29, 0.717) is 27.3 Å². The maximum Gasteiger partial charge on any atom is 0.261 e. The van der Waals surface area contributed by atoms with Crippen molar-refractivity contribution in [2.75, 3.05) is 5.32 Å². The van der Waals surface area contributed by atoms with E-state index in [1.54, 1.807) is 41.1 Å². The van der Waals surface area contributed by atoms with Crippen LogP contribution in [0.5, 0.6) is 0 Å². The SMILES string of the molecule is O=C(Nc1ccccc1Sc1nc(Cl)nn1Cc1ccc(Cl)cc1)c1c(F)cccc1F. The van der Waals surface area contributed by atoms with Crippen LogP contribution < -0.4 is 5.32 Å². The molecule has 1 aromatic heterocycles. The lowest BCUT2D eigenvalue weighted by atomic mass is 10.2. The summed E-state index contributed by atoms with van der Waals surface area (Å²) >= 11 is 13.2. The number of benzene rings is 3. The van der Waals surface area contributed by atoms with E-state index in [9.17, 15) is 13.6 Å². The van der Waals surface area contributed by atoms with Crippen molar-refractivity contribution in [3.05, 3.63) is 99.8 Å². The first kappa shape index (κ1) is 22.3. The lowest BCUT2D eigenvalue weighted by Gasteiger charge is -2.12. The summed E-state index contributed by atoms with van der Waals surface area (Å²) < 4.78 is 29.6. The van der Waals surface area contributed by atoms with Crippen LogP contribution in [-0.2, 0) is 6.54 Å². The lowest BCUT2D eigenvalue weighted by Crippen LogP contribution is -2.16. The number of hydrogen-bond acceptors (Lipinski definition) is 4. The Balaban J connectivity index is 1.59. The fourth-order valence-electron chi connectivity index (χ4n) is 2.90. The van der Waals surface area contributed by atoms with E-state index >= 15 is 0 Å². The Morgan fingerprint density at radius 2 is 1.66 bits per heavy atom. The number of halogens is 4. The highest BCUT2D eigenvalue weighted by atomic mass is 35.5. The lowest BCUT2D eigenvalue weighted by molar-refractivity contribution is 0.101.